The van der Waals surface area contributed by atoms with Crippen molar-refractivity contribution in [2.24, 2.45) is 22.7 Å². The van der Waals surface area contributed by atoms with Crippen molar-refractivity contribution in [3.63, 3.8) is 0 Å². The van der Waals surface area contributed by atoms with E-state index in [1.165, 1.54) is 25.7 Å². The molecule has 7 atom stereocenters. The fourth-order valence-corrected chi connectivity index (χ4v) is 7.76. The number of ether oxygens (including phenoxy) is 6. The first kappa shape index (κ1) is 33.1. The Morgan fingerprint density at radius 3 is 1.90 bits per heavy atom. The molecule has 2 N–H and O–H groups in total. The average Bonchev–Trinajstić information content (AvgIpc) is 3.87. The van der Waals surface area contributed by atoms with E-state index in [2.05, 4.69) is 27.7 Å². The lowest BCUT2D eigenvalue weighted by molar-refractivity contribution is -0.101. The third kappa shape index (κ3) is 9.59. The van der Waals surface area contributed by atoms with Gasteiger partial charge in [-0.05, 0) is 93.3 Å². The molecule has 5 fully saturated rings. The van der Waals surface area contributed by atoms with Crippen LogP contribution in [0, 0.1) is 22.7 Å². The van der Waals surface area contributed by atoms with Crippen LogP contribution in [-0.4, -0.2) is 98.7 Å². The molecular weight excluding hydrogens is 536 g/mol. The average molecular weight is 597 g/mol. The van der Waals surface area contributed by atoms with Gasteiger partial charge in [-0.1, -0.05) is 34.1 Å². The van der Waals surface area contributed by atoms with Crippen molar-refractivity contribution in [2.75, 3.05) is 39.6 Å². The smallest absolute Gasteiger partial charge is 0.104 e. The molecule has 0 aromatic rings. The highest BCUT2D eigenvalue weighted by atomic mass is 16.6. The van der Waals surface area contributed by atoms with Gasteiger partial charge in [-0.3, -0.25) is 0 Å². The summed E-state index contributed by atoms with van der Waals surface area (Å²) in [6, 6.07) is 0. The second kappa shape index (κ2) is 14.8. The number of rotatable bonds is 19. The van der Waals surface area contributed by atoms with Crippen LogP contribution in [0.15, 0.2) is 0 Å². The number of hydrogen-bond acceptors (Lipinski definition) is 8. The van der Waals surface area contributed by atoms with Crippen LogP contribution in [0.1, 0.15) is 105 Å². The van der Waals surface area contributed by atoms with E-state index in [1.807, 2.05) is 0 Å². The molecule has 7 unspecified atom stereocenters. The van der Waals surface area contributed by atoms with Crippen molar-refractivity contribution in [3.05, 3.63) is 0 Å². The zero-order valence-electron chi connectivity index (χ0n) is 26.8. The van der Waals surface area contributed by atoms with Crippen molar-refractivity contribution in [1.82, 2.24) is 0 Å². The molecule has 0 bridgehead atoms. The first-order valence-corrected chi connectivity index (χ1v) is 17.2. The number of epoxide rings is 2. The lowest BCUT2D eigenvalue weighted by Crippen LogP contribution is -2.40. The van der Waals surface area contributed by atoms with Crippen LogP contribution in [0.5, 0.6) is 0 Å². The van der Waals surface area contributed by atoms with Crippen LogP contribution in [0.3, 0.4) is 0 Å². The van der Waals surface area contributed by atoms with E-state index < -0.39 is 12.2 Å². The molecule has 0 aromatic carbocycles. The molecular formula is C34H60O8. The summed E-state index contributed by atoms with van der Waals surface area (Å²) in [6.45, 7) is 13.0. The Hall–Kier alpha value is -0.320. The van der Waals surface area contributed by atoms with E-state index in [0.29, 0.717) is 49.8 Å². The van der Waals surface area contributed by atoms with Gasteiger partial charge >= 0.3 is 0 Å². The molecule has 244 valence electrons. The van der Waals surface area contributed by atoms with E-state index in [1.54, 1.807) is 0 Å². The minimum Gasteiger partial charge on any atom is -0.391 e. The van der Waals surface area contributed by atoms with E-state index >= 15 is 0 Å². The molecule has 5 rings (SSSR count). The highest BCUT2D eigenvalue weighted by molar-refractivity contribution is 5.02. The predicted octanol–water partition coefficient (Wildman–Crippen LogP) is 5.05. The highest BCUT2D eigenvalue weighted by Gasteiger charge is 2.52. The Labute approximate surface area is 254 Å². The summed E-state index contributed by atoms with van der Waals surface area (Å²) in [5.74, 6) is 1.43. The van der Waals surface area contributed by atoms with Crippen LogP contribution in [0.4, 0.5) is 0 Å². The fourth-order valence-electron chi connectivity index (χ4n) is 7.76. The molecule has 0 radical (unpaired) electrons. The predicted molar refractivity (Wildman–Crippen MR) is 160 cm³/mol. The lowest BCUT2D eigenvalue weighted by atomic mass is 9.60. The van der Waals surface area contributed by atoms with Gasteiger partial charge in [0.15, 0.2) is 0 Å². The standard InChI is InChI=1S/C34H60O8/c1-5-6-31(41-20-28-18-38-28)30(36)22-40-27-13-9-24(10-14-27)33(2,3)23-7-11-26(12-8-23)37-17-25(35)15-34(4)16-32(34)42-21-29-19-39-29/h23-32,35-36H,5-22H2,1-4H3. The molecule has 0 aromatic heterocycles. The van der Waals surface area contributed by atoms with Gasteiger partial charge in [0, 0.05) is 0 Å². The minimum atomic E-state index is -0.577. The summed E-state index contributed by atoms with van der Waals surface area (Å²) in [4.78, 5) is 0. The molecule has 42 heavy (non-hydrogen) atoms. The number of hydrogen-bond donors (Lipinski definition) is 2. The number of aliphatic hydroxyl groups is 2. The third-order valence-electron chi connectivity index (χ3n) is 11.2. The van der Waals surface area contributed by atoms with Crippen molar-refractivity contribution < 1.29 is 38.6 Å². The van der Waals surface area contributed by atoms with Crippen LogP contribution >= 0.6 is 0 Å². The lowest BCUT2D eigenvalue weighted by Gasteiger charge is -2.46. The van der Waals surface area contributed by atoms with Gasteiger partial charge in [0.05, 0.1) is 70.2 Å². The maximum Gasteiger partial charge on any atom is 0.104 e. The summed E-state index contributed by atoms with van der Waals surface area (Å²) in [6.07, 6.45) is 12.9. The molecule has 8 nitrogen and oxygen atoms in total. The zero-order valence-corrected chi connectivity index (χ0v) is 26.8. The Kier molecular flexibility index (Phi) is 11.7. The third-order valence-corrected chi connectivity index (χ3v) is 11.2. The van der Waals surface area contributed by atoms with Gasteiger partial charge in [0.1, 0.15) is 18.3 Å². The van der Waals surface area contributed by atoms with Crippen molar-refractivity contribution in [2.45, 2.75) is 154 Å². The Morgan fingerprint density at radius 2 is 1.36 bits per heavy atom. The Morgan fingerprint density at radius 1 is 0.810 bits per heavy atom. The Bertz CT molecular complexity index is 799. The molecule has 2 aliphatic heterocycles. The van der Waals surface area contributed by atoms with Gasteiger partial charge in [-0.25, -0.2) is 0 Å². The fraction of sp³-hybridized carbons (Fsp3) is 1.00. The molecule has 5 aliphatic rings. The van der Waals surface area contributed by atoms with Crippen LogP contribution < -0.4 is 0 Å². The van der Waals surface area contributed by atoms with E-state index in [9.17, 15) is 10.2 Å². The summed E-state index contributed by atoms with van der Waals surface area (Å²) < 4.78 is 34.8. The molecule has 2 saturated heterocycles. The normalized spacial score (nSPS) is 38.6. The maximum atomic E-state index is 10.7. The van der Waals surface area contributed by atoms with Gasteiger partial charge < -0.3 is 38.6 Å². The summed E-state index contributed by atoms with van der Waals surface area (Å²) in [7, 11) is 0. The molecule has 3 aliphatic carbocycles. The highest BCUT2D eigenvalue weighted by Crippen LogP contribution is 2.52. The summed E-state index contributed by atoms with van der Waals surface area (Å²) in [5.41, 5.74) is 0.390. The second-order valence-corrected chi connectivity index (χ2v) is 15.1. The number of aliphatic hydroxyl groups excluding tert-OH is 2. The Balaban J connectivity index is 0.947. The monoisotopic (exact) mass is 596 g/mol. The maximum absolute atomic E-state index is 10.7. The second-order valence-electron chi connectivity index (χ2n) is 15.1. The van der Waals surface area contributed by atoms with Crippen LogP contribution in [0.2, 0.25) is 0 Å². The van der Waals surface area contributed by atoms with E-state index in [0.717, 1.165) is 64.6 Å². The van der Waals surface area contributed by atoms with Crippen molar-refractivity contribution >= 4 is 0 Å². The summed E-state index contributed by atoms with van der Waals surface area (Å²) >= 11 is 0. The SMILES string of the molecule is CCCC(OCC1CO1)C(O)COC1CCC(C(C)(C)C2CCC(OCC(O)CC3(C)CC3OCC3CO3)CC2)CC1. The van der Waals surface area contributed by atoms with Gasteiger partial charge in [-0.15, -0.1) is 0 Å². The van der Waals surface area contributed by atoms with Crippen LogP contribution in [-0.2, 0) is 28.4 Å². The first-order chi connectivity index (χ1) is 20.2. The molecule has 8 heteroatoms. The van der Waals surface area contributed by atoms with Crippen LogP contribution in [0.25, 0.3) is 0 Å². The zero-order chi connectivity index (χ0) is 29.7. The van der Waals surface area contributed by atoms with Gasteiger partial charge in [-0.2, -0.15) is 0 Å². The largest absolute Gasteiger partial charge is 0.391 e. The molecule has 3 saturated carbocycles. The van der Waals surface area contributed by atoms with Gasteiger partial charge in [0.25, 0.3) is 0 Å². The molecule has 2 heterocycles. The van der Waals surface area contributed by atoms with Crippen molar-refractivity contribution in [3.8, 4) is 0 Å². The summed E-state index contributed by atoms with van der Waals surface area (Å²) in [5, 5.41) is 21.4. The minimum absolute atomic E-state index is 0.0838. The van der Waals surface area contributed by atoms with Gasteiger partial charge in [0.2, 0.25) is 0 Å². The molecule has 0 spiro atoms. The van der Waals surface area contributed by atoms with Crippen molar-refractivity contribution in [1.29, 1.82) is 0 Å². The topological polar surface area (TPSA) is 102 Å². The van der Waals surface area contributed by atoms with E-state index in [4.69, 9.17) is 28.4 Å². The van der Waals surface area contributed by atoms with E-state index in [-0.39, 0.29) is 35.9 Å². The quantitative estimate of drug-likeness (QED) is 0.200. The molecule has 0 amide bonds. The first-order valence-electron chi connectivity index (χ1n) is 17.2.